The van der Waals surface area contributed by atoms with Crippen molar-refractivity contribution in [3.05, 3.63) is 11.1 Å². The molecule has 0 aromatic rings. The molecule has 17 heavy (non-hydrogen) atoms. The predicted molar refractivity (Wildman–Crippen MR) is 63.2 cm³/mol. The number of carbonyl (C=O) groups is 1. The summed E-state index contributed by atoms with van der Waals surface area (Å²) >= 11 is 0. The first-order chi connectivity index (χ1) is 7.92. The van der Waals surface area contributed by atoms with E-state index in [1.54, 1.807) is 0 Å². The standard InChI is InChI=1S/C14H20O3/c1-7-4-5-10-11(7)12-9(6-14(10,3)16)8(2)13(15)17-12/h8-10,12,16H,4-6H2,1-3H3/t8?,9?,10-,12-,14-/m0/s1. The van der Waals surface area contributed by atoms with Gasteiger partial charge in [-0.25, -0.2) is 0 Å². The van der Waals surface area contributed by atoms with Gasteiger partial charge in [0, 0.05) is 11.8 Å². The Morgan fingerprint density at radius 2 is 2.18 bits per heavy atom. The van der Waals surface area contributed by atoms with Gasteiger partial charge in [-0.05, 0) is 38.7 Å². The van der Waals surface area contributed by atoms with Gasteiger partial charge in [-0.2, -0.15) is 0 Å². The second-order valence-corrected chi connectivity index (χ2v) is 6.20. The van der Waals surface area contributed by atoms with Crippen LogP contribution in [0.5, 0.6) is 0 Å². The summed E-state index contributed by atoms with van der Waals surface area (Å²) in [4.78, 5) is 11.7. The Morgan fingerprint density at radius 1 is 1.47 bits per heavy atom. The van der Waals surface area contributed by atoms with Crippen LogP contribution < -0.4 is 0 Å². The van der Waals surface area contributed by atoms with E-state index in [2.05, 4.69) is 6.92 Å². The molecule has 3 heteroatoms. The normalized spacial score (nSPS) is 49.1. The van der Waals surface area contributed by atoms with Crippen LogP contribution in [0.1, 0.15) is 40.0 Å². The van der Waals surface area contributed by atoms with Crippen LogP contribution in [0.15, 0.2) is 11.1 Å². The number of aliphatic hydroxyl groups is 1. The quantitative estimate of drug-likeness (QED) is 0.517. The van der Waals surface area contributed by atoms with Crippen LogP contribution in [-0.2, 0) is 9.53 Å². The average molecular weight is 236 g/mol. The van der Waals surface area contributed by atoms with Crippen LogP contribution in [0.4, 0.5) is 0 Å². The summed E-state index contributed by atoms with van der Waals surface area (Å²) < 4.78 is 5.55. The SMILES string of the molecule is CC1=C2[C@H]3OC(=O)C(C)C3C[C@](C)(O)[C@H]2CC1. The molecule has 3 rings (SSSR count). The van der Waals surface area contributed by atoms with E-state index in [1.807, 2.05) is 13.8 Å². The summed E-state index contributed by atoms with van der Waals surface area (Å²) in [5, 5.41) is 10.6. The Morgan fingerprint density at radius 3 is 2.88 bits per heavy atom. The molecule has 1 N–H and O–H groups in total. The second kappa shape index (κ2) is 3.35. The number of hydrogen-bond donors (Lipinski definition) is 1. The maximum atomic E-state index is 11.7. The molecule has 2 unspecified atom stereocenters. The fourth-order valence-corrected chi connectivity index (χ4v) is 4.00. The molecule has 0 radical (unpaired) electrons. The maximum absolute atomic E-state index is 11.7. The Hall–Kier alpha value is -0.830. The van der Waals surface area contributed by atoms with E-state index >= 15 is 0 Å². The third-order valence-electron chi connectivity index (χ3n) is 5.03. The zero-order chi connectivity index (χ0) is 12.4. The van der Waals surface area contributed by atoms with Gasteiger partial charge in [-0.1, -0.05) is 12.5 Å². The molecular formula is C14H20O3. The lowest BCUT2D eigenvalue weighted by Gasteiger charge is -2.42. The predicted octanol–water partition coefficient (Wildman–Crippen LogP) is 2.05. The van der Waals surface area contributed by atoms with Gasteiger partial charge in [-0.15, -0.1) is 0 Å². The number of esters is 1. The van der Waals surface area contributed by atoms with Crippen molar-refractivity contribution < 1.29 is 14.6 Å². The lowest BCUT2D eigenvalue weighted by molar-refractivity contribution is -0.143. The van der Waals surface area contributed by atoms with Crippen molar-refractivity contribution in [1.29, 1.82) is 0 Å². The Kier molecular flexibility index (Phi) is 2.22. The van der Waals surface area contributed by atoms with Crippen molar-refractivity contribution in [2.75, 3.05) is 0 Å². The topological polar surface area (TPSA) is 46.5 Å². The first kappa shape index (κ1) is 11.3. The van der Waals surface area contributed by atoms with Crippen LogP contribution in [0, 0.1) is 17.8 Å². The first-order valence-corrected chi connectivity index (χ1v) is 6.54. The fraction of sp³-hybridized carbons (Fsp3) is 0.786. The molecule has 0 spiro atoms. The summed E-state index contributed by atoms with van der Waals surface area (Å²) in [6.45, 7) is 5.96. The third kappa shape index (κ3) is 1.41. The fourth-order valence-electron chi connectivity index (χ4n) is 4.00. The molecule has 0 bridgehead atoms. The van der Waals surface area contributed by atoms with E-state index in [-0.39, 0.29) is 29.8 Å². The van der Waals surface area contributed by atoms with E-state index < -0.39 is 5.60 Å². The summed E-state index contributed by atoms with van der Waals surface area (Å²) in [7, 11) is 0. The van der Waals surface area contributed by atoms with Gasteiger partial charge in [0.2, 0.25) is 0 Å². The van der Waals surface area contributed by atoms with Crippen molar-refractivity contribution >= 4 is 5.97 Å². The molecule has 1 saturated carbocycles. The molecule has 5 atom stereocenters. The number of ether oxygens (including phenoxy) is 1. The van der Waals surface area contributed by atoms with Gasteiger partial charge < -0.3 is 9.84 Å². The monoisotopic (exact) mass is 236 g/mol. The van der Waals surface area contributed by atoms with E-state index in [1.165, 1.54) is 11.1 Å². The molecule has 0 aromatic heterocycles. The van der Waals surface area contributed by atoms with Gasteiger partial charge >= 0.3 is 5.97 Å². The summed E-state index contributed by atoms with van der Waals surface area (Å²) in [6.07, 6.45) is 2.67. The smallest absolute Gasteiger partial charge is 0.309 e. The van der Waals surface area contributed by atoms with E-state index in [0.29, 0.717) is 6.42 Å². The molecule has 0 amide bonds. The van der Waals surface area contributed by atoms with E-state index in [0.717, 1.165) is 12.8 Å². The number of carbonyl (C=O) groups excluding carboxylic acids is 1. The Balaban J connectivity index is 2.05. The summed E-state index contributed by atoms with van der Waals surface area (Å²) in [5.41, 5.74) is 1.88. The number of fused-ring (bicyclic) bond motifs is 3. The van der Waals surface area contributed by atoms with Gasteiger partial charge in [0.05, 0.1) is 11.5 Å². The molecule has 3 nitrogen and oxygen atoms in total. The molecule has 3 aliphatic rings. The zero-order valence-electron chi connectivity index (χ0n) is 10.7. The maximum Gasteiger partial charge on any atom is 0.309 e. The Bertz CT molecular complexity index is 408. The van der Waals surface area contributed by atoms with Crippen molar-refractivity contribution in [2.45, 2.75) is 51.7 Å². The number of rotatable bonds is 0. The average Bonchev–Trinajstić information content (AvgIpc) is 2.74. The van der Waals surface area contributed by atoms with Gasteiger partial charge in [0.1, 0.15) is 6.10 Å². The third-order valence-corrected chi connectivity index (χ3v) is 5.03. The van der Waals surface area contributed by atoms with Gasteiger partial charge in [0.15, 0.2) is 0 Å². The highest BCUT2D eigenvalue weighted by atomic mass is 16.6. The molecule has 1 aliphatic heterocycles. The van der Waals surface area contributed by atoms with Crippen molar-refractivity contribution in [3.8, 4) is 0 Å². The molecular weight excluding hydrogens is 216 g/mol. The minimum absolute atomic E-state index is 0.0507. The zero-order valence-corrected chi connectivity index (χ0v) is 10.7. The minimum Gasteiger partial charge on any atom is -0.457 e. The number of allylic oxidation sites excluding steroid dienone is 1. The highest BCUT2D eigenvalue weighted by molar-refractivity contribution is 5.76. The summed E-state index contributed by atoms with van der Waals surface area (Å²) in [5.74, 6) is 0.190. The lowest BCUT2D eigenvalue weighted by Crippen LogP contribution is -2.47. The molecule has 2 fully saturated rings. The molecule has 2 aliphatic carbocycles. The van der Waals surface area contributed by atoms with Crippen LogP contribution in [-0.4, -0.2) is 22.8 Å². The lowest BCUT2D eigenvalue weighted by atomic mass is 9.66. The van der Waals surface area contributed by atoms with Gasteiger partial charge in [-0.3, -0.25) is 4.79 Å². The van der Waals surface area contributed by atoms with E-state index in [4.69, 9.17) is 4.74 Å². The highest BCUT2D eigenvalue weighted by Gasteiger charge is 2.56. The van der Waals surface area contributed by atoms with Crippen molar-refractivity contribution in [3.63, 3.8) is 0 Å². The van der Waals surface area contributed by atoms with Crippen LogP contribution in [0.25, 0.3) is 0 Å². The number of hydrogen-bond acceptors (Lipinski definition) is 3. The molecule has 1 heterocycles. The highest BCUT2D eigenvalue weighted by Crippen LogP contribution is 2.53. The first-order valence-electron chi connectivity index (χ1n) is 6.54. The molecule has 1 saturated heterocycles. The molecule has 0 aromatic carbocycles. The van der Waals surface area contributed by atoms with Crippen LogP contribution in [0.2, 0.25) is 0 Å². The second-order valence-electron chi connectivity index (χ2n) is 6.20. The minimum atomic E-state index is -0.670. The van der Waals surface area contributed by atoms with Crippen LogP contribution in [0.3, 0.4) is 0 Å². The van der Waals surface area contributed by atoms with Gasteiger partial charge in [0.25, 0.3) is 0 Å². The Labute approximate surface area is 102 Å². The van der Waals surface area contributed by atoms with Crippen molar-refractivity contribution in [1.82, 2.24) is 0 Å². The van der Waals surface area contributed by atoms with Crippen LogP contribution >= 0.6 is 0 Å². The molecule has 94 valence electrons. The van der Waals surface area contributed by atoms with Crippen molar-refractivity contribution in [2.24, 2.45) is 17.8 Å². The van der Waals surface area contributed by atoms with E-state index in [9.17, 15) is 9.90 Å². The summed E-state index contributed by atoms with van der Waals surface area (Å²) in [6, 6.07) is 0. The largest absolute Gasteiger partial charge is 0.457 e.